The fraction of sp³-hybridized carbons (Fsp3) is 1.00. The van der Waals surface area contributed by atoms with Crippen molar-refractivity contribution in [3.05, 3.63) is 0 Å². The lowest BCUT2D eigenvalue weighted by Crippen LogP contribution is -2.16. The average Bonchev–Trinajstić information content (AvgIpc) is 2.10. The molecule has 1 aliphatic heterocycles. The van der Waals surface area contributed by atoms with Crippen LogP contribution in [0.15, 0.2) is 0 Å². The normalized spacial score (nSPS) is 32.7. The molecule has 0 aromatic carbocycles. The highest BCUT2D eigenvalue weighted by Crippen LogP contribution is 2.49. The van der Waals surface area contributed by atoms with Gasteiger partial charge in [-0.05, 0) is 27.7 Å². The summed E-state index contributed by atoms with van der Waals surface area (Å²) in [6.07, 6.45) is 0.184. The zero-order chi connectivity index (χ0) is 8.48. The van der Waals surface area contributed by atoms with Crippen LogP contribution < -0.4 is 0 Å². The third-order valence-corrected chi connectivity index (χ3v) is 2.62. The summed E-state index contributed by atoms with van der Waals surface area (Å²) in [7, 11) is -1.07. The van der Waals surface area contributed by atoms with E-state index in [-0.39, 0.29) is 11.7 Å². The highest BCUT2D eigenvalue weighted by atomic mass is 31.2. The van der Waals surface area contributed by atoms with Crippen molar-refractivity contribution in [1.82, 2.24) is 0 Å². The molecule has 2 unspecified atom stereocenters. The predicted molar refractivity (Wildman–Crippen MR) is 44.3 cm³/mol. The summed E-state index contributed by atoms with van der Waals surface area (Å²) in [6.45, 7) is 8.61. The Bertz CT molecular complexity index is 132. The quantitative estimate of drug-likeness (QED) is 0.577. The standard InChI is InChI=1S/C7H15O3P/c1-6-5-8-11(9-6)10-7(2,3)4/h6H,5H2,1-4H3. The molecule has 1 heterocycles. The molecule has 0 aliphatic carbocycles. The number of rotatable bonds is 1. The maximum absolute atomic E-state index is 5.49. The Kier molecular flexibility index (Phi) is 2.87. The van der Waals surface area contributed by atoms with Crippen molar-refractivity contribution in [3.63, 3.8) is 0 Å². The van der Waals surface area contributed by atoms with E-state index >= 15 is 0 Å². The molecule has 0 aromatic heterocycles. The molecule has 66 valence electrons. The van der Waals surface area contributed by atoms with E-state index in [1.807, 2.05) is 27.7 Å². The monoisotopic (exact) mass is 178 g/mol. The largest absolute Gasteiger partial charge is 0.333 e. The van der Waals surface area contributed by atoms with Crippen LogP contribution in [0.4, 0.5) is 0 Å². The van der Waals surface area contributed by atoms with E-state index in [0.717, 1.165) is 0 Å². The average molecular weight is 178 g/mol. The smallest absolute Gasteiger partial charge is 0.309 e. The molecule has 1 rings (SSSR count). The molecular weight excluding hydrogens is 163 g/mol. The second-order valence-electron chi connectivity index (χ2n) is 3.64. The van der Waals surface area contributed by atoms with Gasteiger partial charge in [-0.15, -0.1) is 0 Å². The number of hydrogen-bond donors (Lipinski definition) is 0. The molecule has 0 amide bonds. The van der Waals surface area contributed by atoms with E-state index in [0.29, 0.717) is 6.61 Å². The van der Waals surface area contributed by atoms with Gasteiger partial charge in [0, 0.05) is 0 Å². The van der Waals surface area contributed by atoms with Crippen LogP contribution in [0.1, 0.15) is 27.7 Å². The van der Waals surface area contributed by atoms with Crippen LogP contribution >= 0.6 is 8.60 Å². The minimum atomic E-state index is -1.07. The van der Waals surface area contributed by atoms with Crippen molar-refractivity contribution in [2.45, 2.75) is 39.4 Å². The van der Waals surface area contributed by atoms with Crippen molar-refractivity contribution in [2.75, 3.05) is 6.61 Å². The Labute approximate surface area is 69.0 Å². The lowest BCUT2D eigenvalue weighted by atomic mass is 10.2. The molecule has 1 saturated heterocycles. The maximum Gasteiger partial charge on any atom is 0.333 e. The summed E-state index contributed by atoms with van der Waals surface area (Å²) >= 11 is 0. The van der Waals surface area contributed by atoms with Crippen molar-refractivity contribution < 1.29 is 13.6 Å². The van der Waals surface area contributed by atoms with Crippen molar-refractivity contribution in [1.29, 1.82) is 0 Å². The first-order valence-corrected chi connectivity index (χ1v) is 4.86. The molecule has 0 spiro atoms. The maximum atomic E-state index is 5.49. The van der Waals surface area contributed by atoms with Crippen LogP contribution in [0.2, 0.25) is 0 Å². The van der Waals surface area contributed by atoms with Gasteiger partial charge in [0.15, 0.2) is 0 Å². The third kappa shape index (κ3) is 3.48. The van der Waals surface area contributed by atoms with Crippen molar-refractivity contribution >= 4 is 8.60 Å². The Balaban J connectivity index is 2.29. The second-order valence-corrected chi connectivity index (χ2v) is 4.74. The molecule has 3 nitrogen and oxygen atoms in total. The molecule has 1 fully saturated rings. The van der Waals surface area contributed by atoms with E-state index in [9.17, 15) is 0 Å². The van der Waals surface area contributed by atoms with Crippen molar-refractivity contribution in [3.8, 4) is 0 Å². The minimum absolute atomic E-state index is 0.171. The summed E-state index contributed by atoms with van der Waals surface area (Å²) in [6, 6.07) is 0. The Morgan fingerprint density at radius 2 is 2.09 bits per heavy atom. The van der Waals surface area contributed by atoms with Crippen LogP contribution in [0.3, 0.4) is 0 Å². The van der Waals surface area contributed by atoms with Gasteiger partial charge in [0.2, 0.25) is 0 Å². The zero-order valence-electron chi connectivity index (χ0n) is 7.46. The molecule has 0 radical (unpaired) electrons. The van der Waals surface area contributed by atoms with Gasteiger partial charge in [-0.3, -0.25) is 0 Å². The van der Waals surface area contributed by atoms with E-state index in [4.69, 9.17) is 13.6 Å². The van der Waals surface area contributed by atoms with Crippen LogP contribution in [-0.2, 0) is 13.6 Å². The first kappa shape index (κ1) is 9.40. The zero-order valence-corrected chi connectivity index (χ0v) is 8.35. The Morgan fingerprint density at radius 3 is 2.45 bits per heavy atom. The van der Waals surface area contributed by atoms with Gasteiger partial charge in [0.25, 0.3) is 0 Å². The topological polar surface area (TPSA) is 27.7 Å². The van der Waals surface area contributed by atoms with Crippen LogP contribution in [0.5, 0.6) is 0 Å². The molecule has 11 heavy (non-hydrogen) atoms. The fourth-order valence-corrected chi connectivity index (χ4v) is 1.94. The summed E-state index contributed by atoms with van der Waals surface area (Å²) in [5, 5.41) is 0. The number of hydrogen-bond acceptors (Lipinski definition) is 3. The highest BCUT2D eigenvalue weighted by Gasteiger charge is 2.29. The first-order valence-electron chi connectivity index (χ1n) is 3.76. The van der Waals surface area contributed by atoms with E-state index < -0.39 is 8.60 Å². The van der Waals surface area contributed by atoms with E-state index in [2.05, 4.69) is 0 Å². The Morgan fingerprint density at radius 1 is 1.45 bits per heavy atom. The van der Waals surface area contributed by atoms with Gasteiger partial charge in [-0.2, -0.15) is 0 Å². The minimum Gasteiger partial charge on any atom is -0.309 e. The summed E-state index contributed by atoms with van der Waals surface area (Å²) < 4.78 is 16.1. The van der Waals surface area contributed by atoms with Gasteiger partial charge in [-0.25, -0.2) is 0 Å². The molecular formula is C7H15O3P. The summed E-state index contributed by atoms with van der Waals surface area (Å²) in [5.41, 5.74) is -0.171. The highest BCUT2D eigenvalue weighted by molar-refractivity contribution is 7.42. The lowest BCUT2D eigenvalue weighted by Gasteiger charge is -2.21. The van der Waals surface area contributed by atoms with Gasteiger partial charge < -0.3 is 13.6 Å². The lowest BCUT2D eigenvalue weighted by molar-refractivity contribution is 0.104. The van der Waals surface area contributed by atoms with Gasteiger partial charge in [-0.1, -0.05) is 0 Å². The molecule has 0 bridgehead atoms. The Hall–Kier alpha value is 0.310. The summed E-state index contributed by atoms with van der Waals surface area (Å²) in [4.78, 5) is 0. The molecule has 0 N–H and O–H groups in total. The molecule has 1 aliphatic rings. The van der Waals surface area contributed by atoms with Crippen molar-refractivity contribution in [2.24, 2.45) is 0 Å². The van der Waals surface area contributed by atoms with E-state index in [1.165, 1.54) is 0 Å². The SMILES string of the molecule is CC1COP(OC(C)(C)C)O1. The second kappa shape index (κ2) is 3.36. The molecule has 0 saturated carbocycles. The van der Waals surface area contributed by atoms with Gasteiger partial charge >= 0.3 is 8.60 Å². The van der Waals surface area contributed by atoms with Gasteiger partial charge in [0.05, 0.1) is 18.3 Å². The van der Waals surface area contributed by atoms with Crippen LogP contribution in [-0.4, -0.2) is 18.3 Å². The summed E-state index contributed by atoms with van der Waals surface area (Å²) in [5.74, 6) is 0. The van der Waals surface area contributed by atoms with E-state index in [1.54, 1.807) is 0 Å². The molecule has 2 atom stereocenters. The predicted octanol–water partition coefficient (Wildman–Crippen LogP) is 2.46. The molecule has 4 heteroatoms. The van der Waals surface area contributed by atoms with Gasteiger partial charge in [0.1, 0.15) is 0 Å². The fourth-order valence-electron chi connectivity index (χ4n) is 0.645. The van der Waals surface area contributed by atoms with Crippen LogP contribution in [0, 0.1) is 0 Å². The third-order valence-electron chi connectivity index (χ3n) is 1.03. The molecule has 0 aromatic rings. The first-order chi connectivity index (χ1) is 4.97. The van der Waals surface area contributed by atoms with Crippen LogP contribution in [0.25, 0.3) is 0 Å².